The van der Waals surface area contributed by atoms with Crippen molar-refractivity contribution in [3.8, 4) is 22.9 Å². The van der Waals surface area contributed by atoms with Crippen molar-refractivity contribution >= 4 is 46.6 Å². The number of aromatic nitrogens is 3. The molecule has 1 N–H and O–H groups in total. The van der Waals surface area contributed by atoms with E-state index in [-0.39, 0.29) is 11.7 Å². The van der Waals surface area contributed by atoms with E-state index in [0.717, 1.165) is 5.56 Å². The zero-order valence-corrected chi connectivity index (χ0v) is 18.9. The molecule has 3 aromatic rings. The SMILES string of the molecule is CCn1c(SCC(=O)Nc2cc(Cl)ccc2OC)nnc1-c1cc(Cl)ccc1OC. The first kappa shape index (κ1) is 22.3. The molecular formula is C20H20Cl2N4O3S. The monoisotopic (exact) mass is 466 g/mol. The molecule has 1 heterocycles. The molecule has 0 aliphatic heterocycles. The predicted octanol–water partition coefficient (Wildman–Crippen LogP) is 5.02. The van der Waals surface area contributed by atoms with Crippen molar-refractivity contribution in [3.63, 3.8) is 0 Å². The molecule has 2 aromatic carbocycles. The summed E-state index contributed by atoms with van der Waals surface area (Å²) in [7, 11) is 3.12. The van der Waals surface area contributed by atoms with E-state index in [9.17, 15) is 4.79 Å². The van der Waals surface area contributed by atoms with E-state index in [1.807, 2.05) is 11.5 Å². The van der Waals surface area contributed by atoms with Crippen molar-refractivity contribution in [2.75, 3.05) is 25.3 Å². The number of nitrogens with zero attached hydrogens (tertiary/aromatic N) is 3. The summed E-state index contributed by atoms with van der Waals surface area (Å²) in [6.07, 6.45) is 0. The van der Waals surface area contributed by atoms with Crippen LogP contribution >= 0.6 is 35.0 Å². The Bertz CT molecular complexity index is 1060. The first-order valence-electron chi connectivity index (χ1n) is 9.00. The fourth-order valence-electron chi connectivity index (χ4n) is 2.83. The highest BCUT2D eigenvalue weighted by molar-refractivity contribution is 7.99. The summed E-state index contributed by atoms with van der Waals surface area (Å²) in [5, 5.41) is 13.0. The van der Waals surface area contributed by atoms with Gasteiger partial charge in [0.05, 0.1) is 31.2 Å². The van der Waals surface area contributed by atoms with Crippen LogP contribution in [0.1, 0.15) is 6.92 Å². The highest BCUT2D eigenvalue weighted by atomic mass is 35.5. The Morgan fingerprint density at radius 1 is 1.07 bits per heavy atom. The molecule has 30 heavy (non-hydrogen) atoms. The molecule has 0 unspecified atom stereocenters. The second-order valence-corrected chi connectivity index (χ2v) is 7.89. The zero-order valence-electron chi connectivity index (χ0n) is 16.6. The number of hydrogen-bond donors (Lipinski definition) is 1. The Kier molecular flexibility index (Phi) is 7.47. The number of anilines is 1. The molecule has 1 aromatic heterocycles. The van der Waals surface area contributed by atoms with Gasteiger partial charge in [0.15, 0.2) is 11.0 Å². The van der Waals surface area contributed by atoms with Gasteiger partial charge in [-0.1, -0.05) is 35.0 Å². The fraction of sp³-hybridized carbons (Fsp3) is 0.250. The average molecular weight is 467 g/mol. The van der Waals surface area contributed by atoms with Gasteiger partial charge in [0, 0.05) is 16.6 Å². The molecule has 0 aliphatic carbocycles. The first-order chi connectivity index (χ1) is 14.5. The lowest BCUT2D eigenvalue weighted by atomic mass is 10.2. The molecule has 0 saturated carbocycles. The molecule has 0 fully saturated rings. The van der Waals surface area contributed by atoms with Crippen LogP contribution in [0.15, 0.2) is 41.6 Å². The number of rotatable bonds is 8. The molecular weight excluding hydrogens is 447 g/mol. The first-order valence-corrected chi connectivity index (χ1v) is 10.7. The Labute approximate surface area is 188 Å². The van der Waals surface area contributed by atoms with Crippen molar-refractivity contribution in [2.45, 2.75) is 18.6 Å². The Morgan fingerprint density at radius 3 is 2.40 bits per heavy atom. The van der Waals surface area contributed by atoms with Crippen LogP contribution < -0.4 is 14.8 Å². The number of carbonyl (C=O) groups excluding carboxylic acids is 1. The maximum absolute atomic E-state index is 12.5. The minimum Gasteiger partial charge on any atom is -0.496 e. The van der Waals surface area contributed by atoms with Crippen LogP contribution in [0.25, 0.3) is 11.4 Å². The van der Waals surface area contributed by atoms with Crippen LogP contribution in [0.4, 0.5) is 5.69 Å². The second-order valence-electron chi connectivity index (χ2n) is 6.08. The van der Waals surface area contributed by atoms with Gasteiger partial charge >= 0.3 is 0 Å². The number of benzene rings is 2. The van der Waals surface area contributed by atoms with Crippen LogP contribution in [0.5, 0.6) is 11.5 Å². The third-order valence-corrected chi connectivity index (χ3v) is 5.64. The maximum atomic E-state index is 12.5. The number of ether oxygens (including phenoxy) is 2. The van der Waals surface area contributed by atoms with Gasteiger partial charge in [0.1, 0.15) is 11.5 Å². The van der Waals surface area contributed by atoms with E-state index in [1.54, 1.807) is 43.5 Å². The molecule has 0 aliphatic rings. The molecule has 0 spiro atoms. The largest absolute Gasteiger partial charge is 0.496 e. The molecule has 10 heteroatoms. The lowest BCUT2D eigenvalue weighted by molar-refractivity contribution is -0.113. The minimum atomic E-state index is -0.215. The van der Waals surface area contributed by atoms with Gasteiger partial charge in [-0.2, -0.15) is 0 Å². The topological polar surface area (TPSA) is 78.3 Å². The van der Waals surface area contributed by atoms with Crippen LogP contribution in [0, 0.1) is 0 Å². The molecule has 0 saturated heterocycles. The lowest BCUT2D eigenvalue weighted by Crippen LogP contribution is -2.15. The van der Waals surface area contributed by atoms with Crippen molar-refractivity contribution in [1.29, 1.82) is 0 Å². The van der Waals surface area contributed by atoms with Gasteiger partial charge in [0.25, 0.3) is 0 Å². The van der Waals surface area contributed by atoms with Gasteiger partial charge in [-0.25, -0.2) is 0 Å². The van der Waals surface area contributed by atoms with Gasteiger partial charge in [0.2, 0.25) is 5.91 Å². The highest BCUT2D eigenvalue weighted by Crippen LogP contribution is 2.33. The number of hydrogen-bond acceptors (Lipinski definition) is 6. The number of nitrogens with one attached hydrogen (secondary N) is 1. The van der Waals surface area contributed by atoms with Crippen molar-refractivity contribution in [1.82, 2.24) is 14.8 Å². The van der Waals surface area contributed by atoms with Crippen LogP contribution in [0.2, 0.25) is 10.0 Å². The van der Waals surface area contributed by atoms with Crippen molar-refractivity contribution in [3.05, 3.63) is 46.4 Å². The lowest BCUT2D eigenvalue weighted by Gasteiger charge is -2.12. The Balaban J connectivity index is 1.77. The zero-order chi connectivity index (χ0) is 21.7. The van der Waals surface area contributed by atoms with E-state index >= 15 is 0 Å². The summed E-state index contributed by atoms with van der Waals surface area (Å²) in [6, 6.07) is 10.3. The summed E-state index contributed by atoms with van der Waals surface area (Å²) in [4.78, 5) is 12.5. The van der Waals surface area contributed by atoms with E-state index in [2.05, 4.69) is 15.5 Å². The number of methoxy groups -OCH3 is 2. The molecule has 0 radical (unpaired) electrons. The number of halogens is 2. The molecule has 0 atom stereocenters. The summed E-state index contributed by atoms with van der Waals surface area (Å²) in [5.74, 6) is 1.72. The standard InChI is InChI=1S/C20H20Cl2N4O3S/c1-4-26-19(14-9-12(21)5-7-16(14)28-2)24-25-20(26)30-11-18(27)23-15-10-13(22)6-8-17(15)29-3/h5-10H,4,11H2,1-3H3,(H,23,27). The summed E-state index contributed by atoms with van der Waals surface area (Å²) in [6.45, 7) is 2.59. The minimum absolute atomic E-state index is 0.139. The summed E-state index contributed by atoms with van der Waals surface area (Å²) in [5.41, 5.74) is 1.25. The normalized spacial score (nSPS) is 10.7. The second kappa shape index (κ2) is 10.1. The molecule has 1 amide bonds. The van der Waals surface area contributed by atoms with Gasteiger partial charge in [-0.05, 0) is 43.3 Å². The third kappa shape index (κ3) is 5.00. The Hall–Kier alpha value is -2.42. The van der Waals surface area contributed by atoms with Crippen LogP contribution in [-0.2, 0) is 11.3 Å². The van der Waals surface area contributed by atoms with Crippen molar-refractivity contribution in [2.24, 2.45) is 0 Å². The quantitative estimate of drug-likeness (QED) is 0.469. The van der Waals surface area contributed by atoms with Gasteiger partial charge in [-0.3, -0.25) is 4.79 Å². The molecule has 3 rings (SSSR count). The van der Waals surface area contributed by atoms with Gasteiger partial charge in [-0.15, -0.1) is 10.2 Å². The van der Waals surface area contributed by atoms with E-state index < -0.39 is 0 Å². The van der Waals surface area contributed by atoms with Crippen LogP contribution in [-0.4, -0.2) is 40.6 Å². The highest BCUT2D eigenvalue weighted by Gasteiger charge is 2.18. The number of thioether (sulfide) groups is 1. The van der Waals surface area contributed by atoms with E-state index in [1.165, 1.54) is 18.9 Å². The fourth-order valence-corrected chi connectivity index (χ4v) is 3.98. The van der Waals surface area contributed by atoms with Crippen molar-refractivity contribution < 1.29 is 14.3 Å². The smallest absolute Gasteiger partial charge is 0.234 e. The number of carbonyl (C=O) groups is 1. The van der Waals surface area contributed by atoms with Gasteiger partial charge < -0.3 is 19.4 Å². The van der Waals surface area contributed by atoms with E-state index in [0.29, 0.717) is 44.8 Å². The molecule has 158 valence electrons. The summed E-state index contributed by atoms with van der Waals surface area (Å²) < 4.78 is 12.6. The Morgan fingerprint density at radius 2 is 1.73 bits per heavy atom. The maximum Gasteiger partial charge on any atom is 0.234 e. The predicted molar refractivity (Wildman–Crippen MR) is 120 cm³/mol. The number of amides is 1. The molecule has 7 nitrogen and oxygen atoms in total. The third-order valence-electron chi connectivity index (χ3n) is 4.20. The summed E-state index contributed by atoms with van der Waals surface area (Å²) >= 11 is 13.4. The average Bonchev–Trinajstić information content (AvgIpc) is 3.15. The van der Waals surface area contributed by atoms with E-state index in [4.69, 9.17) is 32.7 Å². The van der Waals surface area contributed by atoms with Crippen LogP contribution in [0.3, 0.4) is 0 Å². The molecule has 0 bridgehead atoms.